The van der Waals surface area contributed by atoms with Crippen LogP contribution >= 0.6 is 0 Å². The molecule has 1 atom stereocenters. The van der Waals surface area contributed by atoms with Gasteiger partial charge in [-0.05, 0) is 26.0 Å². The van der Waals surface area contributed by atoms with Gasteiger partial charge in [-0.25, -0.2) is 9.37 Å². The minimum atomic E-state index is -0.531. The molecule has 2 aromatic rings. The molecule has 0 radical (unpaired) electrons. The molecule has 1 unspecified atom stereocenters. The van der Waals surface area contributed by atoms with Crippen LogP contribution in [0.2, 0.25) is 0 Å². The van der Waals surface area contributed by atoms with Crippen molar-refractivity contribution in [1.29, 1.82) is 5.41 Å². The fourth-order valence-electron chi connectivity index (χ4n) is 3.98. The molecule has 0 bridgehead atoms. The predicted molar refractivity (Wildman–Crippen MR) is 129 cm³/mol. The van der Waals surface area contributed by atoms with Crippen LogP contribution in [0.15, 0.2) is 53.7 Å². The van der Waals surface area contributed by atoms with Crippen LogP contribution in [-0.2, 0) is 9.53 Å². The zero-order valence-electron chi connectivity index (χ0n) is 19.6. The van der Waals surface area contributed by atoms with Crippen molar-refractivity contribution in [2.45, 2.75) is 20.0 Å². The fraction of sp³-hybridized carbons (Fsp3) is 0.375. The number of nitrogens with one attached hydrogen (secondary N) is 4. The number of anilines is 1. The first-order valence-electron chi connectivity index (χ1n) is 11.3. The Balaban J connectivity index is 1.59. The minimum absolute atomic E-state index is 0.00354. The molecule has 0 aromatic carbocycles. The van der Waals surface area contributed by atoms with E-state index >= 15 is 0 Å². The van der Waals surface area contributed by atoms with Gasteiger partial charge in [0.15, 0.2) is 11.5 Å². The lowest BCUT2D eigenvalue weighted by Gasteiger charge is -2.34. The standard InChI is InChI=1S/C24H30FN7O2/c1-15-13-32-14-17(10-20(25)23(32)29-15)30-24(33)18-4-5-21(31-8-6-27-7-9-31)19(22(18)26)12-28-11-16(2)34-3/h4-5,10,12-14,16,26-28H,6-9,11H2,1-3H3,(H,30,33)/b19-12-,26-22?. The van der Waals surface area contributed by atoms with E-state index in [4.69, 9.17) is 10.1 Å². The molecule has 1 amide bonds. The number of rotatable bonds is 7. The van der Waals surface area contributed by atoms with Crippen molar-refractivity contribution >= 4 is 23.0 Å². The summed E-state index contributed by atoms with van der Waals surface area (Å²) in [6, 6.07) is 1.24. The molecule has 9 nitrogen and oxygen atoms in total. The van der Waals surface area contributed by atoms with E-state index in [1.165, 1.54) is 10.5 Å². The van der Waals surface area contributed by atoms with E-state index in [1.807, 2.05) is 13.0 Å². The van der Waals surface area contributed by atoms with E-state index < -0.39 is 11.7 Å². The van der Waals surface area contributed by atoms with Crippen LogP contribution in [0, 0.1) is 18.2 Å². The molecule has 34 heavy (non-hydrogen) atoms. The highest BCUT2D eigenvalue weighted by atomic mass is 19.1. The van der Waals surface area contributed by atoms with Gasteiger partial charge in [-0.3, -0.25) is 10.2 Å². The number of imidazole rings is 1. The molecule has 0 spiro atoms. The molecule has 1 aliphatic carbocycles. The highest BCUT2D eigenvalue weighted by Gasteiger charge is 2.27. The van der Waals surface area contributed by atoms with Crippen LogP contribution in [-0.4, -0.2) is 71.8 Å². The fourth-order valence-corrected chi connectivity index (χ4v) is 3.98. The number of allylic oxidation sites excluding steroid dienone is 3. The molecule has 10 heteroatoms. The maximum Gasteiger partial charge on any atom is 0.257 e. The summed E-state index contributed by atoms with van der Waals surface area (Å²) in [6.45, 7) is 7.61. The number of amides is 1. The number of halogens is 1. The van der Waals surface area contributed by atoms with Gasteiger partial charge in [0.25, 0.3) is 5.91 Å². The zero-order chi connectivity index (χ0) is 24.2. The lowest BCUT2D eigenvalue weighted by molar-refractivity contribution is -0.112. The number of carbonyl (C=O) groups excluding carboxylic acids is 1. The quantitative estimate of drug-likeness (QED) is 0.496. The summed E-state index contributed by atoms with van der Waals surface area (Å²) in [4.78, 5) is 19.4. The van der Waals surface area contributed by atoms with Crippen LogP contribution in [0.1, 0.15) is 12.6 Å². The van der Waals surface area contributed by atoms with Gasteiger partial charge in [0.2, 0.25) is 0 Å². The Morgan fingerprint density at radius 3 is 2.85 bits per heavy atom. The summed E-state index contributed by atoms with van der Waals surface area (Å²) in [5.41, 5.74) is 2.99. The second-order valence-corrected chi connectivity index (χ2v) is 8.40. The number of hydrogen-bond acceptors (Lipinski definition) is 7. The highest BCUT2D eigenvalue weighted by molar-refractivity contribution is 6.31. The number of pyridine rings is 1. The Hall–Kier alpha value is -3.50. The molecule has 1 aliphatic heterocycles. The molecule has 2 aliphatic rings. The molecular weight excluding hydrogens is 437 g/mol. The highest BCUT2D eigenvalue weighted by Crippen LogP contribution is 2.26. The van der Waals surface area contributed by atoms with Gasteiger partial charge in [-0.15, -0.1) is 0 Å². The third-order valence-electron chi connectivity index (χ3n) is 5.86. The lowest BCUT2D eigenvalue weighted by Crippen LogP contribution is -2.44. The smallest absolute Gasteiger partial charge is 0.257 e. The molecule has 1 fully saturated rings. The van der Waals surface area contributed by atoms with E-state index in [0.717, 1.165) is 31.9 Å². The lowest BCUT2D eigenvalue weighted by atomic mass is 9.93. The van der Waals surface area contributed by atoms with Crippen LogP contribution in [0.25, 0.3) is 5.65 Å². The third-order valence-corrected chi connectivity index (χ3v) is 5.86. The van der Waals surface area contributed by atoms with Gasteiger partial charge in [-0.1, -0.05) is 0 Å². The molecule has 4 N–H and O–H groups in total. The second-order valence-electron chi connectivity index (χ2n) is 8.40. The molecule has 0 saturated carbocycles. The second kappa shape index (κ2) is 10.2. The molecular formula is C24H30FN7O2. The number of methoxy groups -OCH3 is 1. The number of aromatic nitrogens is 2. The van der Waals surface area contributed by atoms with Crippen molar-refractivity contribution < 1.29 is 13.9 Å². The zero-order valence-corrected chi connectivity index (χ0v) is 19.6. The summed E-state index contributed by atoms with van der Waals surface area (Å²) < 4.78 is 21.3. The van der Waals surface area contributed by atoms with Crippen molar-refractivity contribution in [3.63, 3.8) is 0 Å². The number of ether oxygens (including phenoxy) is 1. The van der Waals surface area contributed by atoms with E-state index in [1.54, 1.807) is 38.7 Å². The van der Waals surface area contributed by atoms with Crippen LogP contribution < -0.4 is 16.0 Å². The van der Waals surface area contributed by atoms with Gasteiger partial charge in [0.1, 0.15) is 0 Å². The monoisotopic (exact) mass is 467 g/mol. The van der Waals surface area contributed by atoms with Crippen molar-refractivity contribution in [2.24, 2.45) is 0 Å². The SMILES string of the molecule is COC(C)CN/C=C1\C(=N)C(C(=O)Nc2cc(F)c3nc(C)cn3c2)=CC=C1N1CCNCC1. The summed E-state index contributed by atoms with van der Waals surface area (Å²) in [6.07, 6.45) is 8.58. The number of fused-ring (bicyclic) bond motifs is 1. The minimum Gasteiger partial charge on any atom is -0.388 e. The number of carbonyl (C=O) groups is 1. The Bertz CT molecular complexity index is 1190. The maximum atomic E-state index is 14.4. The van der Waals surface area contributed by atoms with Crippen LogP contribution in [0.5, 0.6) is 0 Å². The van der Waals surface area contributed by atoms with E-state index in [2.05, 4.69) is 25.8 Å². The molecule has 4 rings (SSSR count). The molecule has 3 heterocycles. The van der Waals surface area contributed by atoms with Crippen molar-refractivity contribution in [1.82, 2.24) is 24.9 Å². The van der Waals surface area contributed by atoms with Gasteiger partial charge >= 0.3 is 0 Å². The van der Waals surface area contributed by atoms with Gasteiger partial charge in [0.05, 0.1) is 28.8 Å². The first-order chi connectivity index (χ1) is 16.4. The van der Waals surface area contributed by atoms with Gasteiger partial charge in [0, 0.05) is 75.8 Å². The largest absolute Gasteiger partial charge is 0.388 e. The summed E-state index contributed by atoms with van der Waals surface area (Å²) in [7, 11) is 1.64. The van der Waals surface area contributed by atoms with Gasteiger partial charge in [-0.2, -0.15) is 0 Å². The first-order valence-corrected chi connectivity index (χ1v) is 11.3. The number of aryl methyl sites for hydroxylation is 1. The predicted octanol–water partition coefficient (Wildman–Crippen LogP) is 1.98. The third kappa shape index (κ3) is 5.02. The van der Waals surface area contributed by atoms with Crippen molar-refractivity contribution in [3.05, 3.63) is 65.2 Å². The first kappa shape index (κ1) is 23.7. The molecule has 2 aromatic heterocycles. The van der Waals surface area contributed by atoms with E-state index in [-0.39, 0.29) is 28.7 Å². The average molecular weight is 468 g/mol. The average Bonchev–Trinajstić information content (AvgIpc) is 3.21. The Morgan fingerprint density at radius 2 is 2.12 bits per heavy atom. The van der Waals surface area contributed by atoms with E-state index in [9.17, 15) is 9.18 Å². The summed E-state index contributed by atoms with van der Waals surface area (Å²) >= 11 is 0. The van der Waals surface area contributed by atoms with Crippen molar-refractivity contribution in [2.75, 3.05) is 45.2 Å². The number of hydrogen-bond donors (Lipinski definition) is 4. The Morgan fingerprint density at radius 1 is 1.35 bits per heavy atom. The van der Waals surface area contributed by atoms with Crippen LogP contribution in [0.4, 0.5) is 10.1 Å². The number of nitrogens with zero attached hydrogens (tertiary/aromatic N) is 3. The summed E-state index contributed by atoms with van der Waals surface area (Å²) in [5, 5.41) is 18.1. The van der Waals surface area contributed by atoms with Gasteiger partial charge < -0.3 is 30.0 Å². The Kier molecular flexibility index (Phi) is 7.09. The topological polar surface area (TPSA) is 107 Å². The Labute approximate surface area is 197 Å². The van der Waals surface area contributed by atoms with Crippen LogP contribution in [0.3, 0.4) is 0 Å². The molecule has 180 valence electrons. The maximum absolute atomic E-state index is 14.4. The molecule has 1 saturated heterocycles. The number of piperazine rings is 1. The normalized spacial score (nSPS) is 18.6. The summed E-state index contributed by atoms with van der Waals surface area (Å²) in [5.74, 6) is -1.01. The van der Waals surface area contributed by atoms with E-state index in [0.29, 0.717) is 17.8 Å². The van der Waals surface area contributed by atoms with Crippen molar-refractivity contribution in [3.8, 4) is 0 Å².